The molecule has 27 heavy (non-hydrogen) atoms. The summed E-state index contributed by atoms with van der Waals surface area (Å²) in [6.07, 6.45) is -4.88. The third kappa shape index (κ3) is 6.43. The maximum Gasteiger partial charge on any atom is 0.407 e. The van der Waals surface area contributed by atoms with Crippen molar-refractivity contribution in [2.24, 2.45) is 0 Å². The van der Waals surface area contributed by atoms with Gasteiger partial charge in [-0.15, -0.1) is 0 Å². The second-order valence-electron chi connectivity index (χ2n) is 7.72. The van der Waals surface area contributed by atoms with E-state index in [0.29, 0.717) is 11.1 Å². The predicted molar refractivity (Wildman–Crippen MR) is 93.8 cm³/mol. The summed E-state index contributed by atoms with van der Waals surface area (Å²) in [6, 6.07) is 6.50. The van der Waals surface area contributed by atoms with Crippen LogP contribution in [-0.2, 0) is 11.3 Å². The third-order valence-electron chi connectivity index (χ3n) is 4.22. The summed E-state index contributed by atoms with van der Waals surface area (Å²) in [5, 5.41) is 11.6. The average molecular weight is 383 g/mol. The van der Waals surface area contributed by atoms with Gasteiger partial charge in [0.2, 0.25) is 0 Å². The number of carbonyl (C=O) groups is 1. The quantitative estimate of drug-likeness (QED) is 0.858. The number of alkyl carbamates (subject to hydrolysis) is 1. The summed E-state index contributed by atoms with van der Waals surface area (Å²) in [4.78, 5) is 13.3. The highest BCUT2D eigenvalue weighted by atomic mass is 19.4. The number of halogens is 3. The van der Waals surface area contributed by atoms with Gasteiger partial charge in [0.1, 0.15) is 11.6 Å². The van der Waals surface area contributed by atoms with Gasteiger partial charge in [-0.2, -0.15) is 18.4 Å². The molecular formula is C19H24F3N3O2. The van der Waals surface area contributed by atoms with Gasteiger partial charge < -0.3 is 10.1 Å². The summed E-state index contributed by atoms with van der Waals surface area (Å²) in [5.74, 6) is 0. The molecule has 2 rings (SSSR count). The molecule has 0 aliphatic carbocycles. The zero-order chi connectivity index (χ0) is 20.2. The summed E-state index contributed by atoms with van der Waals surface area (Å²) in [7, 11) is 0. The maximum atomic E-state index is 13.4. The van der Waals surface area contributed by atoms with Crippen molar-refractivity contribution in [1.82, 2.24) is 10.2 Å². The Morgan fingerprint density at radius 2 is 2.04 bits per heavy atom. The Hall–Kier alpha value is -2.27. The normalized spacial score (nSPS) is 21.4. The van der Waals surface area contributed by atoms with E-state index in [1.165, 1.54) is 4.90 Å². The molecule has 5 nitrogen and oxygen atoms in total. The molecule has 148 valence electrons. The molecule has 1 aromatic rings. The summed E-state index contributed by atoms with van der Waals surface area (Å²) in [6.45, 7) is 5.28. The highest BCUT2D eigenvalue weighted by Crippen LogP contribution is 2.33. The van der Waals surface area contributed by atoms with Gasteiger partial charge in [-0.05, 0) is 51.3 Å². The van der Waals surface area contributed by atoms with Crippen molar-refractivity contribution in [3.05, 3.63) is 35.4 Å². The van der Waals surface area contributed by atoms with Crippen LogP contribution >= 0.6 is 0 Å². The Bertz CT molecular complexity index is 707. The van der Waals surface area contributed by atoms with Crippen molar-refractivity contribution in [2.45, 2.75) is 64.0 Å². The number of nitrogens with zero attached hydrogens (tertiary/aromatic N) is 2. The molecule has 1 heterocycles. The van der Waals surface area contributed by atoms with Crippen LogP contribution in [-0.4, -0.2) is 41.4 Å². The number of benzene rings is 1. The predicted octanol–water partition coefficient (Wildman–Crippen LogP) is 3.98. The SMILES string of the molecule is CC(C)(C)OC(=O)N[C@H]1CC[C@@H](C(F)(F)F)N(Cc2cccc(C#N)c2)C1. The molecule has 2 atom stereocenters. The van der Waals surface area contributed by atoms with Crippen LogP contribution in [0.1, 0.15) is 44.7 Å². The Morgan fingerprint density at radius 1 is 1.33 bits per heavy atom. The van der Waals surface area contributed by atoms with Crippen LogP contribution in [0.3, 0.4) is 0 Å². The second-order valence-corrected chi connectivity index (χ2v) is 7.72. The molecule has 1 N–H and O–H groups in total. The molecule has 1 amide bonds. The number of amides is 1. The number of alkyl halides is 3. The molecule has 1 aliphatic rings. The minimum atomic E-state index is -4.36. The van der Waals surface area contributed by atoms with Crippen LogP contribution in [0.5, 0.6) is 0 Å². The van der Waals surface area contributed by atoms with Crippen LogP contribution in [0.4, 0.5) is 18.0 Å². The van der Waals surface area contributed by atoms with Crippen LogP contribution in [0, 0.1) is 11.3 Å². The van der Waals surface area contributed by atoms with Crippen LogP contribution in [0.15, 0.2) is 24.3 Å². The molecule has 0 bridgehead atoms. The second kappa shape index (κ2) is 8.17. The van der Waals surface area contributed by atoms with E-state index in [0.717, 1.165) is 0 Å². The number of nitrogens with one attached hydrogen (secondary N) is 1. The fraction of sp³-hybridized carbons (Fsp3) is 0.579. The van der Waals surface area contributed by atoms with Crippen LogP contribution in [0.25, 0.3) is 0 Å². The zero-order valence-electron chi connectivity index (χ0n) is 15.6. The monoisotopic (exact) mass is 383 g/mol. The van der Waals surface area contributed by atoms with Gasteiger partial charge in [0.05, 0.1) is 11.6 Å². The topological polar surface area (TPSA) is 65.4 Å². The van der Waals surface area contributed by atoms with E-state index in [-0.39, 0.29) is 25.9 Å². The van der Waals surface area contributed by atoms with Gasteiger partial charge >= 0.3 is 12.3 Å². The molecule has 1 aliphatic heterocycles. The zero-order valence-corrected chi connectivity index (χ0v) is 15.6. The van der Waals surface area contributed by atoms with Gasteiger partial charge in [0.15, 0.2) is 0 Å². The van der Waals surface area contributed by atoms with Crippen molar-refractivity contribution < 1.29 is 22.7 Å². The first kappa shape index (κ1) is 21.0. The lowest BCUT2D eigenvalue weighted by Crippen LogP contribution is -2.56. The van der Waals surface area contributed by atoms with Crippen molar-refractivity contribution >= 4 is 6.09 Å². The minimum absolute atomic E-state index is 0.0478. The standard InChI is InChI=1S/C19H24F3N3O2/c1-18(2,3)27-17(26)24-15-7-8-16(19(20,21)22)25(12-15)11-14-6-4-5-13(9-14)10-23/h4-6,9,15-16H,7-8,11-12H2,1-3H3,(H,24,26)/t15-,16-/m0/s1. The molecule has 1 fully saturated rings. The average Bonchev–Trinajstić information content (AvgIpc) is 2.52. The molecule has 8 heteroatoms. The molecule has 0 saturated carbocycles. The van der Waals surface area contributed by atoms with E-state index in [1.54, 1.807) is 45.0 Å². The van der Waals surface area contributed by atoms with Crippen molar-refractivity contribution in [3.8, 4) is 6.07 Å². The number of nitriles is 1. The Labute approximate surface area is 157 Å². The molecule has 0 unspecified atom stereocenters. The highest BCUT2D eigenvalue weighted by Gasteiger charge is 2.46. The van der Waals surface area contributed by atoms with E-state index in [9.17, 15) is 18.0 Å². The van der Waals surface area contributed by atoms with Gasteiger partial charge in [-0.1, -0.05) is 12.1 Å². The highest BCUT2D eigenvalue weighted by molar-refractivity contribution is 5.68. The maximum absolute atomic E-state index is 13.4. The number of hydrogen-bond acceptors (Lipinski definition) is 4. The molecule has 0 radical (unpaired) electrons. The lowest BCUT2D eigenvalue weighted by Gasteiger charge is -2.40. The van der Waals surface area contributed by atoms with E-state index < -0.39 is 30.0 Å². The Morgan fingerprint density at radius 3 is 2.63 bits per heavy atom. The van der Waals surface area contributed by atoms with Gasteiger partial charge in [-0.25, -0.2) is 4.79 Å². The number of rotatable bonds is 3. The Kier molecular flexibility index (Phi) is 6.37. The number of likely N-dealkylation sites (tertiary alicyclic amines) is 1. The van der Waals surface area contributed by atoms with Crippen LogP contribution < -0.4 is 5.32 Å². The smallest absolute Gasteiger partial charge is 0.407 e. The van der Waals surface area contributed by atoms with Gasteiger partial charge in [-0.3, -0.25) is 4.90 Å². The number of ether oxygens (including phenoxy) is 1. The van der Waals surface area contributed by atoms with E-state index in [4.69, 9.17) is 10.00 Å². The van der Waals surface area contributed by atoms with E-state index in [1.807, 2.05) is 6.07 Å². The molecule has 0 spiro atoms. The number of piperidine rings is 1. The summed E-state index contributed by atoms with van der Waals surface area (Å²) in [5.41, 5.74) is 0.350. The lowest BCUT2D eigenvalue weighted by atomic mass is 9.96. The van der Waals surface area contributed by atoms with Crippen molar-refractivity contribution in [3.63, 3.8) is 0 Å². The largest absolute Gasteiger partial charge is 0.444 e. The molecule has 0 aromatic heterocycles. The fourth-order valence-electron chi connectivity index (χ4n) is 3.15. The Balaban J connectivity index is 2.11. The molecule has 1 saturated heterocycles. The third-order valence-corrected chi connectivity index (χ3v) is 4.22. The first-order valence-corrected chi connectivity index (χ1v) is 8.77. The number of hydrogen-bond donors (Lipinski definition) is 1. The molecule has 1 aromatic carbocycles. The van der Waals surface area contributed by atoms with Gasteiger partial charge in [0.25, 0.3) is 0 Å². The minimum Gasteiger partial charge on any atom is -0.444 e. The van der Waals surface area contributed by atoms with Crippen LogP contribution in [0.2, 0.25) is 0 Å². The summed E-state index contributed by atoms with van der Waals surface area (Å²) < 4.78 is 45.5. The number of carbonyl (C=O) groups excluding carboxylic acids is 1. The van der Waals surface area contributed by atoms with Crippen molar-refractivity contribution in [2.75, 3.05) is 6.54 Å². The summed E-state index contributed by atoms with van der Waals surface area (Å²) >= 11 is 0. The fourth-order valence-corrected chi connectivity index (χ4v) is 3.15. The van der Waals surface area contributed by atoms with Crippen molar-refractivity contribution in [1.29, 1.82) is 5.26 Å². The first-order valence-electron chi connectivity index (χ1n) is 8.77. The van der Waals surface area contributed by atoms with Gasteiger partial charge in [0, 0.05) is 19.1 Å². The lowest BCUT2D eigenvalue weighted by molar-refractivity contribution is -0.194. The van der Waals surface area contributed by atoms with E-state index >= 15 is 0 Å². The van der Waals surface area contributed by atoms with E-state index in [2.05, 4.69) is 5.32 Å². The molecular weight excluding hydrogens is 359 g/mol. The first-order chi connectivity index (χ1) is 12.5.